The lowest BCUT2D eigenvalue weighted by Crippen LogP contribution is -2.32. The molecule has 4 heteroatoms. The highest BCUT2D eigenvalue weighted by Gasteiger charge is 2.31. The van der Waals surface area contributed by atoms with E-state index in [-0.39, 0.29) is 11.7 Å². The number of carbonyl (C=O) groups excluding carboxylic acids is 1. The molecule has 0 N–H and O–H groups in total. The van der Waals surface area contributed by atoms with Crippen LogP contribution in [0.15, 0.2) is 45.7 Å². The van der Waals surface area contributed by atoms with E-state index in [0.29, 0.717) is 0 Å². The van der Waals surface area contributed by atoms with Crippen LogP contribution < -0.4 is 0 Å². The Kier molecular flexibility index (Phi) is 4.31. The molecule has 1 unspecified atom stereocenters. The van der Waals surface area contributed by atoms with Crippen molar-refractivity contribution in [2.45, 2.75) is 25.7 Å². The zero-order chi connectivity index (χ0) is 13.8. The summed E-state index contributed by atoms with van der Waals surface area (Å²) >= 11 is 1.82. The summed E-state index contributed by atoms with van der Waals surface area (Å²) in [7, 11) is 0. The second kappa shape index (κ2) is 6.35. The molecule has 0 saturated carbocycles. The van der Waals surface area contributed by atoms with Crippen LogP contribution in [0, 0.1) is 5.92 Å². The van der Waals surface area contributed by atoms with Crippen LogP contribution in [-0.2, 0) is 4.79 Å². The van der Waals surface area contributed by atoms with Gasteiger partial charge in [-0.3, -0.25) is 14.8 Å². The number of nitrogens with zero attached hydrogens (tertiary/aromatic N) is 2. The fourth-order valence-electron chi connectivity index (χ4n) is 2.60. The molecule has 0 aromatic rings. The minimum Gasteiger partial charge on any atom is -0.294 e. The lowest BCUT2D eigenvalue weighted by atomic mass is 9.91. The summed E-state index contributed by atoms with van der Waals surface area (Å²) in [5.74, 6) is 1.88. The zero-order valence-electron chi connectivity index (χ0n) is 11.4. The summed E-state index contributed by atoms with van der Waals surface area (Å²) in [6.45, 7) is 0. The lowest BCUT2D eigenvalue weighted by Gasteiger charge is -2.24. The molecule has 1 saturated heterocycles. The van der Waals surface area contributed by atoms with Gasteiger partial charge < -0.3 is 0 Å². The van der Waals surface area contributed by atoms with E-state index in [1.807, 2.05) is 30.3 Å². The Bertz CT molecular complexity index is 555. The van der Waals surface area contributed by atoms with Crippen LogP contribution in [0.3, 0.4) is 0 Å². The highest BCUT2D eigenvalue weighted by molar-refractivity contribution is 7.99. The van der Waals surface area contributed by atoms with Crippen LogP contribution in [0.5, 0.6) is 0 Å². The van der Waals surface area contributed by atoms with Gasteiger partial charge in [0.2, 0.25) is 0 Å². The van der Waals surface area contributed by atoms with Gasteiger partial charge in [0.05, 0.1) is 11.6 Å². The van der Waals surface area contributed by atoms with Crippen molar-refractivity contribution in [3.63, 3.8) is 0 Å². The molecule has 0 radical (unpaired) electrons. The SMILES string of the molecule is O=C1/C(=C/C2=CCCC=N2)CSCC1C1=NC=CCC1. The van der Waals surface area contributed by atoms with E-state index in [1.165, 1.54) is 0 Å². The number of Topliss-reactive ketones (excluding diaryl/α,β-unsaturated/α-hetero) is 1. The molecule has 3 aliphatic rings. The van der Waals surface area contributed by atoms with E-state index in [0.717, 1.165) is 54.2 Å². The molecule has 0 amide bonds. The number of hydrogen-bond acceptors (Lipinski definition) is 4. The van der Waals surface area contributed by atoms with E-state index in [2.05, 4.69) is 22.1 Å². The van der Waals surface area contributed by atoms with Crippen molar-refractivity contribution >= 4 is 29.5 Å². The Balaban J connectivity index is 1.79. The predicted octanol–water partition coefficient (Wildman–Crippen LogP) is 3.34. The fraction of sp³-hybridized carbons (Fsp3) is 0.438. The average molecular weight is 286 g/mol. The van der Waals surface area contributed by atoms with E-state index in [9.17, 15) is 4.79 Å². The topological polar surface area (TPSA) is 41.8 Å². The van der Waals surface area contributed by atoms with Crippen LogP contribution >= 0.6 is 11.8 Å². The third-order valence-corrected chi connectivity index (χ3v) is 4.79. The lowest BCUT2D eigenvalue weighted by molar-refractivity contribution is -0.116. The number of ketones is 1. The first kappa shape index (κ1) is 13.6. The molecule has 20 heavy (non-hydrogen) atoms. The molecule has 3 heterocycles. The van der Waals surface area contributed by atoms with Gasteiger partial charge in [0.1, 0.15) is 0 Å². The Morgan fingerprint density at radius 1 is 1.30 bits per heavy atom. The normalized spacial score (nSPS) is 28.5. The first-order valence-electron chi connectivity index (χ1n) is 7.11. The van der Waals surface area contributed by atoms with Gasteiger partial charge in [-0.15, -0.1) is 0 Å². The smallest absolute Gasteiger partial charge is 0.169 e. The van der Waals surface area contributed by atoms with Crippen molar-refractivity contribution in [3.8, 4) is 0 Å². The van der Waals surface area contributed by atoms with Gasteiger partial charge in [0.15, 0.2) is 5.78 Å². The third-order valence-electron chi connectivity index (χ3n) is 3.70. The Hall–Kier alpha value is -1.42. The number of aliphatic imine (C=N–C) groups is 2. The summed E-state index contributed by atoms with van der Waals surface area (Å²) < 4.78 is 0. The summed E-state index contributed by atoms with van der Waals surface area (Å²) in [5.41, 5.74) is 2.89. The highest BCUT2D eigenvalue weighted by atomic mass is 32.2. The highest BCUT2D eigenvalue weighted by Crippen LogP contribution is 2.28. The molecule has 3 aliphatic heterocycles. The minimum atomic E-state index is -0.0295. The van der Waals surface area contributed by atoms with Gasteiger partial charge in [-0.2, -0.15) is 11.8 Å². The van der Waals surface area contributed by atoms with E-state index in [4.69, 9.17) is 0 Å². The molecule has 0 aromatic heterocycles. The quantitative estimate of drug-likeness (QED) is 0.731. The summed E-state index contributed by atoms with van der Waals surface area (Å²) in [5, 5.41) is 0. The van der Waals surface area contributed by atoms with E-state index in [1.54, 1.807) is 0 Å². The van der Waals surface area contributed by atoms with Gasteiger partial charge in [-0.05, 0) is 31.8 Å². The van der Waals surface area contributed by atoms with Crippen LogP contribution in [0.25, 0.3) is 0 Å². The molecule has 104 valence electrons. The molecule has 0 aliphatic carbocycles. The Morgan fingerprint density at radius 3 is 3.00 bits per heavy atom. The van der Waals surface area contributed by atoms with Crippen molar-refractivity contribution in [2.75, 3.05) is 11.5 Å². The molecular weight excluding hydrogens is 268 g/mol. The summed E-state index contributed by atoms with van der Waals surface area (Å²) in [6, 6.07) is 0. The molecular formula is C16H18N2OS. The first-order chi connectivity index (χ1) is 9.84. The summed E-state index contributed by atoms with van der Waals surface area (Å²) in [4.78, 5) is 21.4. The molecule has 0 aromatic carbocycles. The zero-order valence-corrected chi connectivity index (χ0v) is 12.2. The van der Waals surface area contributed by atoms with Gasteiger partial charge >= 0.3 is 0 Å². The second-order valence-electron chi connectivity index (χ2n) is 5.16. The fourth-order valence-corrected chi connectivity index (χ4v) is 3.75. The first-order valence-corrected chi connectivity index (χ1v) is 8.27. The second-order valence-corrected chi connectivity index (χ2v) is 6.19. The van der Waals surface area contributed by atoms with Crippen LogP contribution in [0.1, 0.15) is 25.7 Å². The molecule has 1 fully saturated rings. The van der Waals surface area contributed by atoms with Crippen molar-refractivity contribution in [3.05, 3.63) is 35.7 Å². The van der Waals surface area contributed by atoms with Crippen LogP contribution in [0.4, 0.5) is 0 Å². The van der Waals surface area contributed by atoms with Gasteiger partial charge in [-0.1, -0.05) is 12.2 Å². The number of hydrogen-bond donors (Lipinski definition) is 0. The predicted molar refractivity (Wildman–Crippen MR) is 85.5 cm³/mol. The molecule has 3 nitrogen and oxygen atoms in total. The van der Waals surface area contributed by atoms with E-state index < -0.39 is 0 Å². The largest absolute Gasteiger partial charge is 0.294 e. The maximum atomic E-state index is 12.6. The van der Waals surface area contributed by atoms with Crippen molar-refractivity contribution in [2.24, 2.45) is 15.9 Å². The van der Waals surface area contributed by atoms with E-state index >= 15 is 0 Å². The molecule has 0 bridgehead atoms. The number of carbonyl (C=O) groups is 1. The molecule has 1 atom stereocenters. The van der Waals surface area contributed by atoms with Crippen LogP contribution in [0.2, 0.25) is 0 Å². The summed E-state index contributed by atoms with van der Waals surface area (Å²) in [6.07, 6.45) is 13.8. The molecule has 0 spiro atoms. The number of rotatable bonds is 2. The van der Waals surface area contributed by atoms with Crippen molar-refractivity contribution in [1.82, 2.24) is 0 Å². The maximum absolute atomic E-state index is 12.6. The van der Waals surface area contributed by atoms with Gasteiger partial charge in [-0.25, -0.2) is 0 Å². The standard InChI is InChI=1S/C16H18N2OS/c19-16-12(9-13-5-1-3-7-17-13)10-20-11-14(16)15-6-2-4-8-18-15/h4-5,7-9,14H,1-3,6,10-11H2/b12-9+. The monoisotopic (exact) mass is 286 g/mol. The molecule has 3 rings (SSSR count). The Morgan fingerprint density at radius 2 is 2.25 bits per heavy atom. The maximum Gasteiger partial charge on any atom is 0.169 e. The number of allylic oxidation sites excluding steroid dienone is 3. The minimum absolute atomic E-state index is 0.0295. The van der Waals surface area contributed by atoms with Gasteiger partial charge in [0, 0.05) is 35.2 Å². The van der Waals surface area contributed by atoms with Crippen molar-refractivity contribution in [1.29, 1.82) is 0 Å². The van der Waals surface area contributed by atoms with Crippen LogP contribution in [-0.4, -0.2) is 29.2 Å². The average Bonchev–Trinajstić information content (AvgIpc) is 2.51. The number of thioether (sulfide) groups is 1. The van der Waals surface area contributed by atoms with Gasteiger partial charge in [0.25, 0.3) is 0 Å². The van der Waals surface area contributed by atoms with Crippen molar-refractivity contribution < 1.29 is 4.79 Å². The third kappa shape index (κ3) is 3.01. The Labute approximate surface area is 123 Å².